The van der Waals surface area contributed by atoms with Crippen molar-refractivity contribution < 1.29 is 8.42 Å². The third kappa shape index (κ3) is 5.43. The highest BCUT2D eigenvalue weighted by atomic mass is 32.2. The van der Waals surface area contributed by atoms with Crippen LogP contribution in [0.15, 0.2) is 77.7 Å². The van der Waals surface area contributed by atoms with E-state index in [1.54, 1.807) is 16.4 Å². The van der Waals surface area contributed by atoms with Gasteiger partial charge in [0, 0.05) is 37.3 Å². The molecule has 38 heavy (non-hydrogen) atoms. The first-order chi connectivity index (χ1) is 18.2. The van der Waals surface area contributed by atoms with E-state index in [4.69, 9.17) is 9.97 Å². The summed E-state index contributed by atoms with van der Waals surface area (Å²) in [6, 6.07) is 23.5. The van der Waals surface area contributed by atoms with Gasteiger partial charge < -0.3 is 5.32 Å². The van der Waals surface area contributed by atoms with Crippen LogP contribution in [0.1, 0.15) is 49.7 Å². The van der Waals surface area contributed by atoms with Crippen molar-refractivity contribution in [3.63, 3.8) is 0 Å². The maximum Gasteiger partial charge on any atom is 0.243 e. The molecule has 3 aromatic carbocycles. The van der Waals surface area contributed by atoms with Crippen molar-refractivity contribution >= 4 is 32.4 Å². The van der Waals surface area contributed by atoms with Crippen LogP contribution in [-0.4, -0.2) is 53.8 Å². The molecule has 5 rings (SSSR count). The Morgan fingerprint density at radius 3 is 2.13 bits per heavy atom. The summed E-state index contributed by atoms with van der Waals surface area (Å²) in [6.45, 7) is 10.4. The minimum Gasteiger partial charge on any atom is -0.340 e. The molecule has 7 nitrogen and oxygen atoms in total. The molecule has 0 amide bonds. The van der Waals surface area contributed by atoms with Crippen molar-refractivity contribution in [2.75, 3.05) is 31.5 Å². The van der Waals surface area contributed by atoms with Crippen LogP contribution in [0.4, 0.5) is 11.5 Å². The normalized spacial score (nSPS) is 16.1. The molecule has 1 aromatic heterocycles. The zero-order valence-electron chi connectivity index (χ0n) is 22.4. The van der Waals surface area contributed by atoms with Crippen molar-refractivity contribution in [3.8, 4) is 0 Å². The molecule has 0 saturated carbocycles. The Morgan fingerprint density at radius 2 is 1.47 bits per heavy atom. The summed E-state index contributed by atoms with van der Waals surface area (Å²) < 4.78 is 28.1. The average Bonchev–Trinajstić information content (AvgIpc) is 2.94. The standard InChI is InChI=1S/C30H35N5O2S/c1-21(2)24-11-15-26(16-12-24)38(36,37)35-19-17-34(18-20-35)23(4)29-32-28-8-6-5-7-27(28)30(33-29)31-25-13-9-22(3)10-14-25/h5-16,21,23H,17-20H2,1-4H3,(H,31,32,33)/t23-/m1/s1. The number of anilines is 2. The van der Waals surface area contributed by atoms with E-state index in [0.29, 0.717) is 37.0 Å². The Hall–Kier alpha value is -3.33. The fourth-order valence-electron chi connectivity index (χ4n) is 4.82. The number of rotatable bonds is 7. The molecule has 0 spiro atoms. The summed E-state index contributed by atoms with van der Waals surface area (Å²) in [5.74, 6) is 1.85. The highest BCUT2D eigenvalue weighted by Gasteiger charge is 2.31. The van der Waals surface area contributed by atoms with Gasteiger partial charge in [0.05, 0.1) is 16.5 Å². The van der Waals surface area contributed by atoms with Gasteiger partial charge in [0.25, 0.3) is 0 Å². The van der Waals surface area contributed by atoms with Crippen LogP contribution >= 0.6 is 0 Å². The van der Waals surface area contributed by atoms with Gasteiger partial charge in [-0.1, -0.05) is 55.8 Å². The Kier molecular flexibility index (Phi) is 7.47. The van der Waals surface area contributed by atoms with Crippen molar-refractivity contribution in [2.24, 2.45) is 0 Å². The Labute approximate surface area is 225 Å². The number of nitrogens with one attached hydrogen (secondary N) is 1. The monoisotopic (exact) mass is 529 g/mol. The third-order valence-electron chi connectivity index (χ3n) is 7.31. The second-order valence-electron chi connectivity index (χ2n) is 10.3. The first-order valence-corrected chi connectivity index (χ1v) is 14.6. The lowest BCUT2D eigenvalue weighted by Gasteiger charge is -2.37. The first kappa shape index (κ1) is 26.3. The molecule has 1 N–H and O–H groups in total. The highest BCUT2D eigenvalue weighted by Crippen LogP contribution is 2.29. The number of benzene rings is 3. The van der Waals surface area contributed by atoms with E-state index >= 15 is 0 Å². The van der Waals surface area contributed by atoms with Crippen LogP contribution < -0.4 is 5.32 Å². The molecule has 8 heteroatoms. The second-order valence-corrected chi connectivity index (χ2v) is 12.2. The molecule has 1 atom stereocenters. The predicted molar refractivity (Wildman–Crippen MR) is 153 cm³/mol. The van der Waals surface area contributed by atoms with Crippen molar-refractivity contribution in [2.45, 2.75) is 44.6 Å². The van der Waals surface area contributed by atoms with E-state index in [9.17, 15) is 8.42 Å². The van der Waals surface area contributed by atoms with Gasteiger partial charge in [0.15, 0.2) is 0 Å². The number of hydrogen-bond acceptors (Lipinski definition) is 6. The van der Waals surface area contributed by atoms with Crippen LogP contribution in [0.5, 0.6) is 0 Å². The second kappa shape index (κ2) is 10.8. The zero-order chi connectivity index (χ0) is 26.9. The van der Waals surface area contributed by atoms with E-state index < -0.39 is 10.0 Å². The van der Waals surface area contributed by atoms with E-state index in [1.807, 2.05) is 48.5 Å². The summed E-state index contributed by atoms with van der Waals surface area (Å²) >= 11 is 0. The molecule has 0 radical (unpaired) electrons. The summed E-state index contributed by atoms with van der Waals surface area (Å²) in [4.78, 5) is 12.4. The molecule has 0 aliphatic carbocycles. The van der Waals surface area contributed by atoms with Crippen molar-refractivity contribution in [1.82, 2.24) is 19.2 Å². The van der Waals surface area contributed by atoms with Gasteiger partial charge in [0.2, 0.25) is 10.0 Å². The minimum atomic E-state index is -3.53. The summed E-state index contributed by atoms with van der Waals surface area (Å²) in [6.07, 6.45) is 0. The van der Waals surface area contributed by atoms with Gasteiger partial charge in [-0.05, 0) is 61.7 Å². The molecule has 4 aromatic rings. The lowest BCUT2D eigenvalue weighted by molar-refractivity contribution is 0.141. The average molecular weight is 530 g/mol. The molecular weight excluding hydrogens is 494 g/mol. The van der Waals surface area contributed by atoms with Gasteiger partial charge in [-0.15, -0.1) is 0 Å². The molecule has 0 unspecified atom stereocenters. The fraction of sp³-hybridized carbons (Fsp3) is 0.333. The lowest BCUT2D eigenvalue weighted by Crippen LogP contribution is -2.49. The number of hydrogen-bond donors (Lipinski definition) is 1. The number of piperazine rings is 1. The van der Waals surface area contributed by atoms with Gasteiger partial charge in [-0.25, -0.2) is 18.4 Å². The summed E-state index contributed by atoms with van der Waals surface area (Å²) in [7, 11) is -3.53. The molecular formula is C30H35N5O2S. The molecule has 198 valence electrons. The Morgan fingerprint density at radius 1 is 0.816 bits per heavy atom. The number of fused-ring (bicyclic) bond motifs is 1. The molecule has 0 bridgehead atoms. The van der Waals surface area contributed by atoms with Crippen LogP contribution in [0, 0.1) is 6.92 Å². The Balaban J connectivity index is 1.33. The van der Waals surface area contributed by atoms with Gasteiger partial charge in [-0.2, -0.15) is 4.31 Å². The van der Waals surface area contributed by atoms with Crippen LogP contribution in [0.2, 0.25) is 0 Å². The first-order valence-electron chi connectivity index (χ1n) is 13.2. The molecule has 1 aliphatic heterocycles. The molecule has 1 fully saturated rings. The topological polar surface area (TPSA) is 78.4 Å². The maximum atomic E-state index is 13.3. The number of para-hydroxylation sites is 1. The van der Waals surface area contributed by atoms with Crippen LogP contribution in [-0.2, 0) is 10.0 Å². The van der Waals surface area contributed by atoms with Crippen LogP contribution in [0.25, 0.3) is 10.9 Å². The third-order valence-corrected chi connectivity index (χ3v) is 9.23. The minimum absolute atomic E-state index is 0.0617. The highest BCUT2D eigenvalue weighted by molar-refractivity contribution is 7.89. The predicted octanol–water partition coefficient (Wildman–Crippen LogP) is 5.87. The van der Waals surface area contributed by atoms with Gasteiger partial charge in [-0.3, -0.25) is 4.90 Å². The molecule has 2 heterocycles. The lowest BCUT2D eigenvalue weighted by atomic mass is 10.0. The molecule has 1 saturated heterocycles. The number of aryl methyl sites for hydroxylation is 1. The van der Waals surface area contributed by atoms with Gasteiger partial charge >= 0.3 is 0 Å². The SMILES string of the molecule is Cc1ccc(Nc2nc([C@@H](C)N3CCN(S(=O)(=O)c4ccc(C(C)C)cc4)CC3)nc3ccccc23)cc1. The summed E-state index contributed by atoms with van der Waals surface area (Å²) in [5.41, 5.74) is 4.18. The van der Waals surface area contributed by atoms with Gasteiger partial charge in [0.1, 0.15) is 11.6 Å². The van der Waals surface area contributed by atoms with E-state index in [2.05, 4.69) is 50.0 Å². The largest absolute Gasteiger partial charge is 0.340 e. The number of nitrogens with zero attached hydrogens (tertiary/aromatic N) is 4. The number of sulfonamides is 1. The smallest absolute Gasteiger partial charge is 0.243 e. The van der Waals surface area contributed by atoms with E-state index in [-0.39, 0.29) is 6.04 Å². The zero-order valence-corrected chi connectivity index (χ0v) is 23.2. The fourth-order valence-corrected chi connectivity index (χ4v) is 6.24. The van der Waals surface area contributed by atoms with Crippen molar-refractivity contribution in [1.29, 1.82) is 0 Å². The van der Waals surface area contributed by atoms with E-state index in [0.717, 1.165) is 33.8 Å². The van der Waals surface area contributed by atoms with E-state index in [1.165, 1.54) is 5.56 Å². The quantitative estimate of drug-likeness (QED) is 0.322. The van der Waals surface area contributed by atoms with Crippen molar-refractivity contribution in [3.05, 3.63) is 89.7 Å². The molecule has 1 aliphatic rings. The maximum absolute atomic E-state index is 13.3. The Bertz CT molecular complexity index is 1510. The van der Waals surface area contributed by atoms with Crippen LogP contribution in [0.3, 0.4) is 0 Å². The number of aromatic nitrogens is 2. The summed E-state index contributed by atoms with van der Waals surface area (Å²) in [5, 5.41) is 4.43.